The van der Waals surface area contributed by atoms with E-state index in [1.165, 1.54) is 0 Å². The maximum absolute atomic E-state index is 5.77. The molecule has 0 aliphatic carbocycles. The highest BCUT2D eigenvalue weighted by Gasteiger charge is 2.06. The van der Waals surface area contributed by atoms with Crippen LogP contribution in [0.4, 0.5) is 5.82 Å². The Hall–Kier alpha value is -1.37. The van der Waals surface area contributed by atoms with E-state index in [2.05, 4.69) is 32.6 Å². The van der Waals surface area contributed by atoms with E-state index in [1.54, 1.807) is 13.3 Å². The lowest BCUT2D eigenvalue weighted by molar-refractivity contribution is 0.412. The van der Waals surface area contributed by atoms with Crippen molar-refractivity contribution >= 4 is 28.4 Å². The van der Waals surface area contributed by atoms with E-state index >= 15 is 0 Å². The van der Waals surface area contributed by atoms with Crippen LogP contribution in [0.15, 0.2) is 24.4 Å². The minimum Gasteiger partial charge on any atom is -0.496 e. The molecule has 0 fully saturated rings. The van der Waals surface area contributed by atoms with E-state index in [0.717, 1.165) is 20.4 Å². The van der Waals surface area contributed by atoms with E-state index in [4.69, 9.17) is 10.5 Å². The van der Waals surface area contributed by atoms with Crippen molar-refractivity contribution in [3.63, 3.8) is 0 Å². The maximum Gasteiger partial charge on any atom is 0.161 e. The summed E-state index contributed by atoms with van der Waals surface area (Å²) in [5.41, 5.74) is 7.75. The van der Waals surface area contributed by atoms with E-state index in [1.807, 2.05) is 25.1 Å². The molecule has 1 heterocycles. The number of hydrogen-bond acceptors (Lipinski definition) is 4. The molecule has 17 heavy (non-hydrogen) atoms. The summed E-state index contributed by atoms with van der Waals surface area (Å²) >= 11 is 2.11. The zero-order valence-corrected chi connectivity index (χ0v) is 11.7. The molecular weight excluding hydrogens is 329 g/mol. The monoisotopic (exact) mass is 341 g/mol. The van der Waals surface area contributed by atoms with Crippen molar-refractivity contribution in [3.8, 4) is 17.1 Å². The van der Waals surface area contributed by atoms with Crippen LogP contribution in [0.2, 0.25) is 0 Å². The van der Waals surface area contributed by atoms with Gasteiger partial charge in [0, 0.05) is 11.8 Å². The van der Waals surface area contributed by atoms with Gasteiger partial charge in [-0.1, -0.05) is 0 Å². The number of aromatic nitrogens is 2. The Bertz CT molecular complexity index is 557. The fourth-order valence-electron chi connectivity index (χ4n) is 1.54. The third-order valence-corrected chi connectivity index (χ3v) is 3.26. The van der Waals surface area contributed by atoms with Gasteiger partial charge in [0.2, 0.25) is 0 Å². The highest BCUT2D eigenvalue weighted by molar-refractivity contribution is 14.1. The zero-order chi connectivity index (χ0) is 12.4. The van der Waals surface area contributed by atoms with Gasteiger partial charge in [0.05, 0.1) is 10.7 Å². The number of methoxy groups -OCH3 is 1. The summed E-state index contributed by atoms with van der Waals surface area (Å²) < 4.78 is 6.07. The van der Waals surface area contributed by atoms with Gasteiger partial charge >= 0.3 is 0 Å². The molecule has 4 nitrogen and oxygen atoms in total. The topological polar surface area (TPSA) is 61.0 Å². The number of nitrogens with zero attached hydrogens (tertiary/aromatic N) is 2. The van der Waals surface area contributed by atoms with E-state index in [-0.39, 0.29) is 0 Å². The summed E-state index contributed by atoms with van der Waals surface area (Å²) in [6, 6.07) is 5.82. The van der Waals surface area contributed by atoms with Crippen LogP contribution >= 0.6 is 22.6 Å². The van der Waals surface area contributed by atoms with Gasteiger partial charge in [-0.05, 0) is 53.3 Å². The molecule has 2 aromatic rings. The first kappa shape index (κ1) is 12.1. The van der Waals surface area contributed by atoms with Crippen LogP contribution in [-0.4, -0.2) is 17.1 Å². The van der Waals surface area contributed by atoms with Gasteiger partial charge in [-0.3, -0.25) is 0 Å². The average Bonchev–Trinajstić information content (AvgIpc) is 2.32. The molecular formula is C12H12IN3O. The third kappa shape index (κ3) is 2.49. The molecule has 0 amide bonds. The van der Waals surface area contributed by atoms with Crippen LogP contribution in [0, 0.1) is 10.5 Å². The lowest BCUT2D eigenvalue weighted by atomic mass is 10.1. The number of benzene rings is 1. The summed E-state index contributed by atoms with van der Waals surface area (Å²) in [6.45, 7) is 1.98. The first-order chi connectivity index (χ1) is 8.11. The molecule has 0 aliphatic heterocycles. The largest absolute Gasteiger partial charge is 0.496 e. The van der Waals surface area contributed by atoms with Crippen LogP contribution < -0.4 is 10.5 Å². The zero-order valence-electron chi connectivity index (χ0n) is 9.57. The number of nitrogens with two attached hydrogens (primary N) is 1. The van der Waals surface area contributed by atoms with Gasteiger partial charge in [-0.15, -0.1) is 0 Å². The summed E-state index contributed by atoms with van der Waals surface area (Å²) in [5, 5.41) is 0. The van der Waals surface area contributed by atoms with Gasteiger partial charge in [0.25, 0.3) is 0 Å². The average molecular weight is 341 g/mol. The van der Waals surface area contributed by atoms with Crippen molar-refractivity contribution < 1.29 is 4.74 Å². The number of anilines is 1. The number of nitrogen functional groups attached to an aromatic ring is 1. The Kier molecular flexibility index (Phi) is 3.46. The molecule has 88 valence electrons. The van der Waals surface area contributed by atoms with Crippen LogP contribution in [-0.2, 0) is 0 Å². The first-order valence-electron chi connectivity index (χ1n) is 5.05. The van der Waals surface area contributed by atoms with Crippen molar-refractivity contribution in [2.45, 2.75) is 6.92 Å². The van der Waals surface area contributed by atoms with Crippen molar-refractivity contribution in [1.82, 2.24) is 9.97 Å². The number of rotatable bonds is 2. The fourth-order valence-corrected chi connectivity index (χ4v) is 1.80. The molecule has 0 bridgehead atoms. The van der Waals surface area contributed by atoms with Gasteiger partial charge in [0.1, 0.15) is 11.6 Å². The van der Waals surface area contributed by atoms with Gasteiger partial charge < -0.3 is 10.5 Å². The molecule has 2 rings (SSSR count). The molecule has 1 aromatic carbocycles. The predicted octanol–water partition coefficient (Wildman–Crippen LogP) is 2.65. The molecule has 0 saturated carbocycles. The van der Waals surface area contributed by atoms with Crippen LogP contribution in [0.5, 0.6) is 5.75 Å². The highest BCUT2D eigenvalue weighted by atomic mass is 127. The SMILES string of the molecule is COc1ccc(-c2ncc(I)c(N)n2)cc1C. The van der Waals surface area contributed by atoms with Gasteiger partial charge in [-0.25, -0.2) is 9.97 Å². The van der Waals surface area contributed by atoms with Crippen molar-refractivity contribution in [3.05, 3.63) is 33.5 Å². The third-order valence-electron chi connectivity index (χ3n) is 2.42. The molecule has 0 spiro atoms. The van der Waals surface area contributed by atoms with E-state index in [9.17, 15) is 0 Å². The summed E-state index contributed by atoms with van der Waals surface area (Å²) in [4.78, 5) is 8.52. The second-order valence-electron chi connectivity index (χ2n) is 3.61. The second-order valence-corrected chi connectivity index (χ2v) is 4.77. The van der Waals surface area contributed by atoms with E-state index < -0.39 is 0 Å². The Balaban J connectivity index is 2.46. The number of ether oxygens (including phenoxy) is 1. The lowest BCUT2D eigenvalue weighted by Crippen LogP contribution is -1.98. The Morgan fingerprint density at radius 1 is 1.35 bits per heavy atom. The molecule has 0 radical (unpaired) electrons. The van der Waals surface area contributed by atoms with Crippen LogP contribution in [0.3, 0.4) is 0 Å². The number of halogens is 1. The standard InChI is InChI=1S/C12H12IN3O/c1-7-5-8(3-4-10(7)17-2)12-15-6-9(13)11(14)16-12/h3-6H,1-2H3,(H2,14,15,16). The predicted molar refractivity (Wildman–Crippen MR) is 75.9 cm³/mol. The second kappa shape index (κ2) is 4.87. The van der Waals surface area contributed by atoms with Crippen LogP contribution in [0.1, 0.15) is 5.56 Å². The number of aryl methyl sites for hydroxylation is 1. The molecule has 5 heteroatoms. The molecule has 0 saturated heterocycles. The fraction of sp³-hybridized carbons (Fsp3) is 0.167. The van der Waals surface area contributed by atoms with Crippen LogP contribution in [0.25, 0.3) is 11.4 Å². The molecule has 0 atom stereocenters. The summed E-state index contributed by atoms with van der Waals surface area (Å²) in [7, 11) is 1.65. The smallest absolute Gasteiger partial charge is 0.161 e. The Morgan fingerprint density at radius 2 is 2.12 bits per heavy atom. The van der Waals surface area contributed by atoms with Crippen molar-refractivity contribution in [2.24, 2.45) is 0 Å². The first-order valence-corrected chi connectivity index (χ1v) is 6.12. The highest BCUT2D eigenvalue weighted by Crippen LogP contribution is 2.24. The lowest BCUT2D eigenvalue weighted by Gasteiger charge is -2.07. The Labute approximate surface area is 113 Å². The molecule has 0 unspecified atom stereocenters. The molecule has 1 aromatic heterocycles. The summed E-state index contributed by atoms with van der Waals surface area (Å²) in [5.74, 6) is 1.99. The minimum absolute atomic E-state index is 0.504. The normalized spacial score (nSPS) is 10.3. The summed E-state index contributed by atoms with van der Waals surface area (Å²) in [6.07, 6.45) is 1.72. The number of hydrogen-bond donors (Lipinski definition) is 1. The molecule has 0 aliphatic rings. The molecule has 2 N–H and O–H groups in total. The minimum atomic E-state index is 0.504. The van der Waals surface area contributed by atoms with Crippen molar-refractivity contribution in [2.75, 3.05) is 12.8 Å². The Morgan fingerprint density at radius 3 is 2.71 bits per heavy atom. The van der Waals surface area contributed by atoms with Gasteiger partial charge in [-0.2, -0.15) is 0 Å². The maximum atomic E-state index is 5.77. The van der Waals surface area contributed by atoms with E-state index in [0.29, 0.717) is 11.6 Å². The quantitative estimate of drug-likeness (QED) is 0.853. The van der Waals surface area contributed by atoms with Gasteiger partial charge in [0.15, 0.2) is 5.82 Å². The van der Waals surface area contributed by atoms with Crippen molar-refractivity contribution in [1.29, 1.82) is 0 Å².